The number of rotatable bonds is 4. The van der Waals surface area contributed by atoms with Crippen molar-refractivity contribution >= 4 is 33.3 Å². The van der Waals surface area contributed by atoms with Crippen molar-refractivity contribution in [3.8, 4) is 11.1 Å². The number of hydrogen-bond donors (Lipinski definition) is 1. The minimum atomic E-state index is -0.151. The average molecular weight is 477 g/mol. The van der Waals surface area contributed by atoms with Crippen LogP contribution in [0.25, 0.3) is 38.8 Å². The molecule has 1 aromatic heterocycles. The van der Waals surface area contributed by atoms with E-state index in [4.69, 9.17) is 9.41 Å². The zero-order chi connectivity index (χ0) is 24.6. The second-order valence-corrected chi connectivity index (χ2v) is 9.25. The van der Waals surface area contributed by atoms with E-state index in [0.29, 0.717) is 0 Å². The molecule has 3 heteroatoms. The number of furan rings is 1. The van der Waals surface area contributed by atoms with Gasteiger partial charge in [0.1, 0.15) is 17.3 Å². The van der Waals surface area contributed by atoms with Crippen LogP contribution in [0.2, 0.25) is 0 Å². The minimum Gasteiger partial charge on any atom is -0.456 e. The SMILES string of the molecule is C1=C(c2ccc(-c3cccc4oc5ccccc5c34)cc2)NC(c2ccccc2)N=C1c1ccccc1. The fraction of sp³-hybridized carbons (Fsp3) is 0.0294. The summed E-state index contributed by atoms with van der Waals surface area (Å²) >= 11 is 0. The van der Waals surface area contributed by atoms with Crippen LogP contribution in [0.1, 0.15) is 22.9 Å². The van der Waals surface area contributed by atoms with Gasteiger partial charge in [0.05, 0.1) is 5.71 Å². The fourth-order valence-electron chi connectivity index (χ4n) is 5.11. The van der Waals surface area contributed by atoms with Gasteiger partial charge in [-0.25, -0.2) is 0 Å². The van der Waals surface area contributed by atoms with E-state index in [2.05, 4.69) is 108 Å². The van der Waals surface area contributed by atoms with Crippen LogP contribution >= 0.6 is 0 Å². The lowest BCUT2D eigenvalue weighted by Gasteiger charge is -2.25. The van der Waals surface area contributed by atoms with Crippen LogP contribution in [0, 0.1) is 0 Å². The lowest BCUT2D eigenvalue weighted by Crippen LogP contribution is -2.24. The van der Waals surface area contributed by atoms with Crippen LogP contribution in [-0.4, -0.2) is 5.71 Å². The molecule has 1 aliphatic heterocycles. The topological polar surface area (TPSA) is 37.5 Å². The molecule has 1 N–H and O–H groups in total. The summed E-state index contributed by atoms with van der Waals surface area (Å²) in [7, 11) is 0. The number of fused-ring (bicyclic) bond motifs is 3. The maximum atomic E-state index is 6.11. The molecule has 7 rings (SSSR count). The lowest BCUT2D eigenvalue weighted by atomic mass is 9.97. The molecule has 1 unspecified atom stereocenters. The van der Waals surface area contributed by atoms with Gasteiger partial charge in [-0.2, -0.15) is 0 Å². The predicted molar refractivity (Wildman–Crippen MR) is 152 cm³/mol. The summed E-state index contributed by atoms with van der Waals surface area (Å²) in [6.07, 6.45) is 2.00. The summed E-state index contributed by atoms with van der Waals surface area (Å²) < 4.78 is 6.11. The second kappa shape index (κ2) is 8.96. The number of benzene rings is 5. The summed E-state index contributed by atoms with van der Waals surface area (Å²) in [4.78, 5) is 5.04. The quantitative estimate of drug-likeness (QED) is 0.277. The van der Waals surface area contributed by atoms with Crippen LogP contribution in [0.3, 0.4) is 0 Å². The molecule has 37 heavy (non-hydrogen) atoms. The molecule has 5 aromatic carbocycles. The first-order valence-electron chi connectivity index (χ1n) is 12.5. The van der Waals surface area contributed by atoms with Crippen LogP contribution < -0.4 is 5.32 Å². The van der Waals surface area contributed by atoms with Crippen LogP contribution in [0.4, 0.5) is 0 Å². The summed E-state index contributed by atoms with van der Waals surface area (Å²) in [6.45, 7) is 0. The van der Waals surface area contributed by atoms with Gasteiger partial charge in [0.25, 0.3) is 0 Å². The van der Waals surface area contributed by atoms with E-state index in [1.165, 1.54) is 5.56 Å². The summed E-state index contributed by atoms with van der Waals surface area (Å²) in [6, 6.07) is 44.0. The van der Waals surface area contributed by atoms with Gasteiger partial charge in [0.15, 0.2) is 0 Å². The maximum absolute atomic E-state index is 6.11. The Hall–Kier alpha value is -4.89. The molecule has 0 saturated heterocycles. The lowest BCUT2D eigenvalue weighted by molar-refractivity contribution is 0.664. The van der Waals surface area contributed by atoms with Crippen molar-refractivity contribution in [2.75, 3.05) is 0 Å². The molecule has 0 radical (unpaired) electrons. The van der Waals surface area contributed by atoms with Gasteiger partial charge < -0.3 is 9.73 Å². The molecule has 3 nitrogen and oxygen atoms in total. The van der Waals surface area contributed by atoms with Gasteiger partial charge in [-0.15, -0.1) is 0 Å². The highest BCUT2D eigenvalue weighted by atomic mass is 16.3. The fourth-order valence-corrected chi connectivity index (χ4v) is 5.11. The van der Waals surface area contributed by atoms with Gasteiger partial charge in [-0.05, 0) is 46.0 Å². The summed E-state index contributed by atoms with van der Waals surface area (Å²) in [5.41, 5.74) is 9.56. The molecule has 1 aliphatic rings. The standard InChI is InChI=1S/C34H24N2O/c1-3-10-24(11-4-1)29-22-30(36-34(35-29)26-12-5-2-6-13-26)25-20-18-23(19-21-25)27-15-9-17-32-33(27)28-14-7-8-16-31(28)37-32/h1-22,34,36H. The third-order valence-electron chi connectivity index (χ3n) is 6.94. The molecule has 0 bridgehead atoms. The smallest absolute Gasteiger partial charge is 0.145 e. The Kier molecular flexibility index (Phi) is 5.18. The van der Waals surface area contributed by atoms with Crippen molar-refractivity contribution in [2.45, 2.75) is 6.17 Å². The van der Waals surface area contributed by atoms with Gasteiger partial charge >= 0.3 is 0 Å². The maximum Gasteiger partial charge on any atom is 0.145 e. The Morgan fingerprint density at radius 3 is 2.05 bits per heavy atom. The first-order chi connectivity index (χ1) is 18.3. The molecule has 0 saturated carbocycles. The molecule has 0 fully saturated rings. The van der Waals surface area contributed by atoms with E-state index in [0.717, 1.165) is 55.6 Å². The first-order valence-corrected chi connectivity index (χ1v) is 12.5. The Balaban J connectivity index is 1.29. The average Bonchev–Trinajstić information content (AvgIpc) is 3.37. The third kappa shape index (κ3) is 3.91. The highest BCUT2D eigenvalue weighted by Crippen LogP contribution is 2.37. The van der Waals surface area contributed by atoms with Crippen LogP contribution in [0.15, 0.2) is 143 Å². The van der Waals surface area contributed by atoms with E-state index < -0.39 is 0 Å². The summed E-state index contributed by atoms with van der Waals surface area (Å²) in [5.74, 6) is 0. The summed E-state index contributed by atoms with van der Waals surface area (Å²) in [5, 5.41) is 5.95. The van der Waals surface area contributed by atoms with Crippen molar-refractivity contribution in [1.82, 2.24) is 5.32 Å². The Bertz CT molecular complexity index is 1780. The van der Waals surface area contributed by atoms with Gasteiger partial charge in [-0.3, -0.25) is 4.99 Å². The highest BCUT2D eigenvalue weighted by Gasteiger charge is 2.19. The number of nitrogens with zero attached hydrogens (tertiary/aromatic N) is 1. The molecular formula is C34H24N2O. The molecular weight excluding hydrogens is 452 g/mol. The molecule has 0 aliphatic carbocycles. The number of hydrogen-bond acceptors (Lipinski definition) is 3. The van der Waals surface area contributed by atoms with E-state index >= 15 is 0 Å². The van der Waals surface area contributed by atoms with Crippen LogP contribution in [0.5, 0.6) is 0 Å². The molecule has 176 valence electrons. The number of aliphatic imine (C=N–C) groups is 1. The minimum absolute atomic E-state index is 0.151. The van der Waals surface area contributed by atoms with Crippen molar-refractivity contribution < 1.29 is 4.42 Å². The monoisotopic (exact) mass is 476 g/mol. The van der Waals surface area contributed by atoms with E-state index in [9.17, 15) is 0 Å². The highest BCUT2D eigenvalue weighted by molar-refractivity contribution is 6.13. The zero-order valence-corrected chi connectivity index (χ0v) is 20.1. The molecule has 1 atom stereocenters. The zero-order valence-electron chi connectivity index (χ0n) is 20.1. The normalized spacial score (nSPS) is 15.3. The first kappa shape index (κ1) is 21.4. The third-order valence-corrected chi connectivity index (χ3v) is 6.94. The molecule has 0 amide bonds. The Labute approximate surface area is 215 Å². The van der Waals surface area contributed by atoms with Crippen LogP contribution in [-0.2, 0) is 0 Å². The molecule has 2 heterocycles. The van der Waals surface area contributed by atoms with Gasteiger partial charge in [0.2, 0.25) is 0 Å². The number of allylic oxidation sites excluding steroid dienone is 1. The number of nitrogens with one attached hydrogen (secondary N) is 1. The molecule has 0 spiro atoms. The Morgan fingerprint density at radius 2 is 1.24 bits per heavy atom. The second-order valence-electron chi connectivity index (χ2n) is 9.25. The number of para-hydroxylation sites is 1. The predicted octanol–water partition coefficient (Wildman–Crippen LogP) is 8.39. The largest absolute Gasteiger partial charge is 0.456 e. The van der Waals surface area contributed by atoms with E-state index in [-0.39, 0.29) is 6.17 Å². The van der Waals surface area contributed by atoms with Gasteiger partial charge in [0, 0.05) is 16.5 Å². The van der Waals surface area contributed by atoms with Crippen molar-refractivity contribution in [3.05, 3.63) is 150 Å². The Morgan fingerprint density at radius 1 is 0.568 bits per heavy atom. The van der Waals surface area contributed by atoms with Crippen molar-refractivity contribution in [1.29, 1.82) is 0 Å². The van der Waals surface area contributed by atoms with Crippen molar-refractivity contribution in [2.24, 2.45) is 4.99 Å². The van der Waals surface area contributed by atoms with Crippen molar-refractivity contribution in [3.63, 3.8) is 0 Å². The van der Waals surface area contributed by atoms with Gasteiger partial charge in [-0.1, -0.05) is 115 Å². The van der Waals surface area contributed by atoms with E-state index in [1.807, 2.05) is 30.3 Å². The van der Waals surface area contributed by atoms with E-state index in [1.54, 1.807) is 0 Å². The molecule has 6 aromatic rings.